The number of rotatable bonds is 7. The quantitative estimate of drug-likeness (QED) is 0.206. The lowest BCUT2D eigenvalue weighted by Gasteiger charge is -2.34. The fourth-order valence-electron chi connectivity index (χ4n) is 4.33. The Bertz CT molecular complexity index is 1560. The number of carbonyl (C=O) groups excluding carboxylic acids is 4. The third-order valence-electron chi connectivity index (χ3n) is 6.38. The van der Waals surface area contributed by atoms with Gasteiger partial charge in [0.05, 0.1) is 18.2 Å². The minimum atomic E-state index is -0.881. The van der Waals surface area contributed by atoms with E-state index >= 15 is 0 Å². The van der Waals surface area contributed by atoms with E-state index in [9.17, 15) is 23.6 Å². The first kappa shape index (κ1) is 25.6. The number of hydrogen-bond acceptors (Lipinski definition) is 9. The molecular weight excluding hydrogens is 511 g/mol. The Morgan fingerprint density at radius 2 is 1.77 bits per heavy atom. The average molecular weight is 535 g/mol. The number of hydrogen-bond donors (Lipinski definition) is 2. The summed E-state index contributed by atoms with van der Waals surface area (Å²) in [4.78, 5) is 60.2. The number of Topliss-reactive ketones (excluding diaryl/α,β-unsaturated/α-hetero) is 1. The predicted molar refractivity (Wildman–Crippen MR) is 135 cm³/mol. The van der Waals surface area contributed by atoms with Gasteiger partial charge in [-0.2, -0.15) is 4.98 Å². The molecule has 2 aromatic heterocycles. The first-order valence-electron chi connectivity index (χ1n) is 12.0. The van der Waals surface area contributed by atoms with Gasteiger partial charge in [0, 0.05) is 48.9 Å². The van der Waals surface area contributed by atoms with Crippen molar-refractivity contribution in [1.29, 1.82) is 0 Å². The van der Waals surface area contributed by atoms with Crippen LogP contribution in [0.25, 0.3) is 22.3 Å². The summed E-state index contributed by atoms with van der Waals surface area (Å²) in [5.74, 6) is -3.00. The van der Waals surface area contributed by atoms with Gasteiger partial charge in [-0.25, -0.2) is 4.39 Å². The molecule has 5 rings (SSSR count). The number of nitrogens with zero attached hydrogens (tertiary/aromatic N) is 4. The van der Waals surface area contributed by atoms with Crippen molar-refractivity contribution in [2.24, 2.45) is 0 Å². The third-order valence-corrected chi connectivity index (χ3v) is 6.38. The molecule has 2 aromatic carbocycles. The molecule has 2 N–H and O–H groups in total. The number of anilines is 1. The fourth-order valence-corrected chi connectivity index (χ4v) is 4.33. The number of halogens is 1. The average Bonchev–Trinajstić information content (AvgIpc) is 3.64. The molecule has 0 bridgehead atoms. The number of benzene rings is 2. The van der Waals surface area contributed by atoms with Crippen LogP contribution in [0.2, 0.25) is 0 Å². The number of H-pyrrole nitrogens is 1. The van der Waals surface area contributed by atoms with Gasteiger partial charge in [-0.3, -0.25) is 19.2 Å². The fraction of sp³-hybridized carbons (Fsp3) is 0.231. The summed E-state index contributed by atoms with van der Waals surface area (Å²) in [6, 6.07) is 11.3. The molecule has 1 aliphatic rings. The number of aromatic nitrogens is 3. The third kappa shape index (κ3) is 5.06. The van der Waals surface area contributed by atoms with Crippen molar-refractivity contribution < 1.29 is 32.8 Å². The Kier molecular flexibility index (Phi) is 7.04. The number of aromatic amines is 1. The molecule has 39 heavy (non-hydrogen) atoms. The van der Waals surface area contributed by atoms with Crippen molar-refractivity contribution in [3.63, 3.8) is 0 Å². The number of piperazine rings is 1. The van der Waals surface area contributed by atoms with Crippen LogP contribution in [-0.2, 0) is 14.3 Å². The van der Waals surface area contributed by atoms with E-state index in [1.54, 1.807) is 29.2 Å². The Balaban J connectivity index is 1.31. The molecule has 12 nitrogen and oxygen atoms in total. The number of methoxy groups -OCH3 is 1. The van der Waals surface area contributed by atoms with Crippen LogP contribution in [0.4, 0.5) is 10.4 Å². The van der Waals surface area contributed by atoms with Gasteiger partial charge in [-0.05, 0) is 24.3 Å². The van der Waals surface area contributed by atoms with Crippen LogP contribution in [0, 0.1) is 5.82 Å². The monoisotopic (exact) mass is 534 g/mol. The zero-order valence-corrected chi connectivity index (χ0v) is 20.8. The van der Waals surface area contributed by atoms with Gasteiger partial charge in [0.15, 0.2) is 0 Å². The molecule has 0 radical (unpaired) electrons. The lowest BCUT2D eigenvalue weighted by Crippen LogP contribution is -2.52. The lowest BCUT2D eigenvalue weighted by molar-refractivity contribution is -0.138. The lowest BCUT2D eigenvalue weighted by atomic mass is 10.0. The topological polar surface area (TPSA) is 151 Å². The molecular formula is C26H23FN6O6. The Hall–Kier alpha value is -5.07. The van der Waals surface area contributed by atoms with Gasteiger partial charge in [0.25, 0.3) is 17.6 Å². The highest BCUT2D eigenvalue weighted by molar-refractivity contribution is 6.45. The van der Waals surface area contributed by atoms with Crippen LogP contribution in [0.5, 0.6) is 0 Å². The first-order chi connectivity index (χ1) is 18.9. The molecule has 0 atom stereocenters. The minimum Gasteiger partial charge on any atom is -0.468 e. The normalized spacial score (nSPS) is 13.4. The van der Waals surface area contributed by atoms with E-state index in [4.69, 9.17) is 4.52 Å². The maximum Gasteiger partial charge on any atom is 0.325 e. The van der Waals surface area contributed by atoms with Gasteiger partial charge in [0.1, 0.15) is 12.4 Å². The van der Waals surface area contributed by atoms with Crippen LogP contribution < -0.4 is 5.32 Å². The van der Waals surface area contributed by atoms with E-state index in [-0.39, 0.29) is 66.9 Å². The van der Waals surface area contributed by atoms with E-state index in [1.165, 1.54) is 24.3 Å². The summed E-state index contributed by atoms with van der Waals surface area (Å²) >= 11 is 0. The SMILES string of the molecule is COC(=O)CNc1nc(-c2ccc(F)c3c(C(=O)C(=O)N4CCN(C(=O)c5ccccc5)CC4)c[nH]c23)no1. The summed E-state index contributed by atoms with van der Waals surface area (Å²) in [6.07, 6.45) is 1.27. The number of nitrogens with one attached hydrogen (secondary N) is 2. The number of ether oxygens (including phenoxy) is 1. The van der Waals surface area contributed by atoms with Crippen molar-refractivity contribution in [2.75, 3.05) is 45.2 Å². The first-order valence-corrected chi connectivity index (χ1v) is 12.0. The number of carbonyl (C=O) groups is 4. The molecule has 3 heterocycles. The van der Waals surface area contributed by atoms with Gasteiger partial charge >= 0.3 is 12.0 Å². The van der Waals surface area contributed by atoms with E-state index < -0.39 is 23.5 Å². The minimum absolute atomic E-state index is 0.0594. The maximum atomic E-state index is 14.9. The van der Waals surface area contributed by atoms with E-state index in [1.807, 2.05) is 6.07 Å². The van der Waals surface area contributed by atoms with Crippen LogP contribution >= 0.6 is 0 Å². The van der Waals surface area contributed by atoms with Crippen molar-refractivity contribution >= 4 is 40.5 Å². The molecule has 0 spiro atoms. The maximum absolute atomic E-state index is 14.9. The highest BCUT2D eigenvalue weighted by Gasteiger charge is 2.31. The summed E-state index contributed by atoms with van der Waals surface area (Å²) in [7, 11) is 1.24. The molecule has 4 aromatic rings. The Morgan fingerprint density at radius 3 is 2.49 bits per heavy atom. The second-order valence-electron chi connectivity index (χ2n) is 8.68. The van der Waals surface area contributed by atoms with Crippen LogP contribution in [0.1, 0.15) is 20.7 Å². The van der Waals surface area contributed by atoms with Crippen molar-refractivity contribution in [3.05, 3.63) is 65.6 Å². The molecule has 1 saturated heterocycles. The molecule has 200 valence electrons. The molecule has 0 saturated carbocycles. The van der Waals surface area contributed by atoms with Crippen LogP contribution in [0.15, 0.2) is 53.2 Å². The number of fused-ring (bicyclic) bond motifs is 1. The zero-order valence-electron chi connectivity index (χ0n) is 20.8. The van der Waals surface area contributed by atoms with Gasteiger partial charge in [-0.15, -0.1) is 0 Å². The highest BCUT2D eigenvalue weighted by Crippen LogP contribution is 2.31. The molecule has 1 aliphatic heterocycles. The molecule has 0 unspecified atom stereocenters. The van der Waals surface area contributed by atoms with E-state index in [2.05, 4.69) is 25.2 Å². The number of ketones is 1. The summed E-state index contributed by atoms with van der Waals surface area (Å²) in [5.41, 5.74) is 0.932. The summed E-state index contributed by atoms with van der Waals surface area (Å²) in [6.45, 7) is 0.675. The van der Waals surface area contributed by atoms with Crippen LogP contribution in [-0.4, -0.2) is 88.3 Å². The Morgan fingerprint density at radius 1 is 1.05 bits per heavy atom. The van der Waals surface area contributed by atoms with Gasteiger partial charge < -0.3 is 29.4 Å². The van der Waals surface area contributed by atoms with Crippen molar-refractivity contribution in [2.45, 2.75) is 0 Å². The smallest absolute Gasteiger partial charge is 0.325 e. The second kappa shape index (κ2) is 10.7. The largest absolute Gasteiger partial charge is 0.468 e. The molecule has 1 fully saturated rings. The zero-order chi connectivity index (χ0) is 27.5. The van der Waals surface area contributed by atoms with Crippen molar-refractivity contribution in [1.82, 2.24) is 24.9 Å². The standard InChI is InChI=1S/C26H23FN6O6/c1-38-19(34)14-29-26-30-23(31-39-26)16-7-8-18(27)20-17(13-28-21(16)20)22(35)25(37)33-11-9-32(10-12-33)24(36)15-5-3-2-4-6-15/h2-8,13,28H,9-12,14H2,1H3,(H,29,30,31). The Labute approximate surface area is 220 Å². The van der Waals surface area contributed by atoms with E-state index in [0.29, 0.717) is 11.1 Å². The van der Waals surface area contributed by atoms with E-state index in [0.717, 1.165) is 6.07 Å². The second-order valence-corrected chi connectivity index (χ2v) is 8.68. The van der Waals surface area contributed by atoms with Crippen molar-refractivity contribution in [3.8, 4) is 11.4 Å². The molecule has 13 heteroatoms. The predicted octanol–water partition coefficient (Wildman–Crippen LogP) is 2.11. The van der Waals surface area contributed by atoms with Crippen LogP contribution in [0.3, 0.4) is 0 Å². The number of amides is 2. The van der Waals surface area contributed by atoms with Gasteiger partial charge in [0.2, 0.25) is 5.82 Å². The van der Waals surface area contributed by atoms with Gasteiger partial charge in [-0.1, -0.05) is 23.4 Å². The summed E-state index contributed by atoms with van der Waals surface area (Å²) in [5, 5.41) is 6.37. The number of esters is 1. The molecule has 2 amide bonds. The highest BCUT2D eigenvalue weighted by atomic mass is 19.1. The summed E-state index contributed by atoms with van der Waals surface area (Å²) < 4.78 is 24.5. The molecule has 0 aliphatic carbocycles.